The number of benzene rings is 1. The SMILES string of the molecule is Cc1c(CCC(=O)N[C@]2(C)CCS(=O)(=O)C2)c(=O)oc2cc(O)ccc12. The van der Waals surface area contributed by atoms with Crippen molar-refractivity contribution in [2.45, 2.75) is 38.6 Å². The molecule has 0 aliphatic carbocycles. The lowest BCUT2D eigenvalue weighted by atomic mass is 10.00. The fraction of sp³-hybridized carbons (Fsp3) is 0.444. The van der Waals surface area contributed by atoms with E-state index in [1.54, 1.807) is 19.9 Å². The molecule has 0 radical (unpaired) electrons. The lowest BCUT2D eigenvalue weighted by molar-refractivity contribution is -0.122. The predicted molar refractivity (Wildman–Crippen MR) is 97.0 cm³/mol. The summed E-state index contributed by atoms with van der Waals surface area (Å²) in [6, 6.07) is 4.55. The van der Waals surface area contributed by atoms with E-state index in [0.717, 1.165) is 0 Å². The summed E-state index contributed by atoms with van der Waals surface area (Å²) in [5.41, 5.74) is 0.116. The van der Waals surface area contributed by atoms with Crippen molar-refractivity contribution < 1.29 is 22.7 Å². The maximum Gasteiger partial charge on any atom is 0.339 e. The molecule has 2 aromatic rings. The molecule has 2 N–H and O–H groups in total. The van der Waals surface area contributed by atoms with Crippen LogP contribution in [-0.4, -0.2) is 36.5 Å². The standard InChI is InChI=1S/C18H21NO6S/c1-11-13-4-3-12(20)9-15(13)25-17(22)14(11)5-6-16(21)19-18(2)7-8-26(23,24)10-18/h3-4,9,20H,5-8,10H2,1-2H3,(H,19,21)/t18-/m1/s1. The maximum atomic E-state index is 12.2. The average Bonchev–Trinajstić information content (AvgIpc) is 2.79. The van der Waals surface area contributed by atoms with E-state index in [2.05, 4.69) is 5.32 Å². The molecule has 1 amide bonds. The highest BCUT2D eigenvalue weighted by Crippen LogP contribution is 2.25. The summed E-state index contributed by atoms with van der Waals surface area (Å²) < 4.78 is 28.5. The molecule has 26 heavy (non-hydrogen) atoms. The number of phenols is 1. The van der Waals surface area contributed by atoms with Crippen molar-refractivity contribution in [3.63, 3.8) is 0 Å². The van der Waals surface area contributed by atoms with Gasteiger partial charge in [-0.05, 0) is 44.4 Å². The Morgan fingerprint density at radius 2 is 2.12 bits per heavy atom. The first-order valence-corrected chi connectivity index (χ1v) is 10.2. The topological polar surface area (TPSA) is 114 Å². The molecule has 1 atom stereocenters. The third-order valence-electron chi connectivity index (χ3n) is 4.82. The van der Waals surface area contributed by atoms with Gasteiger partial charge < -0.3 is 14.8 Å². The largest absolute Gasteiger partial charge is 0.508 e. The number of carbonyl (C=O) groups excluding carboxylic acids is 1. The molecule has 140 valence electrons. The van der Waals surface area contributed by atoms with Crippen molar-refractivity contribution in [3.05, 3.63) is 39.7 Å². The number of fused-ring (bicyclic) bond motifs is 1. The van der Waals surface area contributed by atoms with Gasteiger partial charge in [0, 0.05) is 23.4 Å². The zero-order valence-corrected chi connectivity index (χ0v) is 15.5. The monoisotopic (exact) mass is 379 g/mol. The first-order valence-electron chi connectivity index (χ1n) is 8.35. The van der Waals surface area contributed by atoms with Gasteiger partial charge in [0.05, 0.1) is 17.0 Å². The van der Waals surface area contributed by atoms with Crippen LogP contribution in [0, 0.1) is 6.92 Å². The summed E-state index contributed by atoms with van der Waals surface area (Å²) in [6.07, 6.45) is 0.645. The highest BCUT2D eigenvalue weighted by atomic mass is 32.2. The van der Waals surface area contributed by atoms with Gasteiger partial charge in [-0.15, -0.1) is 0 Å². The Labute approximate surface area is 150 Å². The van der Waals surface area contributed by atoms with Gasteiger partial charge in [0.25, 0.3) is 0 Å². The summed E-state index contributed by atoms with van der Waals surface area (Å²) >= 11 is 0. The molecule has 0 unspecified atom stereocenters. The third-order valence-corrected chi connectivity index (χ3v) is 6.72. The van der Waals surface area contributed by atoms with Gasteiger partial charge in [-0.3, -0.25) is 4.79 Å². The van der Waals surface area contributed by atoms with E-state index in [0.29, 0.717) is 28.5 Å². The number of hydrogen-bond donors (Lipinski definition) is 2. The minimum atomic E-state index is -3.11. The lowest BCUT2D eigenvalue weighted by Crippen LogP contribution is -2.47. The van der Waals surface area contributed by atoms with E-state index in [1.165, 1.54) is 12.1 Å². The first kappa shape index (κ1) is 18.4. The van der Waals surface area contributed by atoms with E-state index in [9.17, 15) is 23.1 Å². The number of aryl methyl sites for hydroxylation is 1. The number of rotatable bonds is 4. The minimum absolute atomic E-state index is 0.00642. The van der Waals surface area contributed by atoms with Crippen molar-refractivity contribution in [3.8, 4) is 5.75 Å². The third kappa shape index (κ3) is 3.75. The van der Waals surface area contributed by atoms with Crippen molar-refractivity contribution in [1.29, 1.82) is 0 Å². The second-order valence-corrected chi connectivity index (χ2v) is 9.31. The Morgan fingerprint density at radius 1 is 1.38 bits per heavy atom. The van der Waals surface area contributed by atoms with E-state index in [1.807, 2.05) is 0 Å². The zero-order chi connectivity index (χ0) is 19.1. The molecule has 0 saturated carbocycles. The number of hydrogen-bond acceptors (Lipinski definition) is 6. The Balaban J connectivity index is 1.75. The number of carbonyl (C=O) groups is 1. The van der Waals surface area contributed by atoms with Crippen LogP contribution in [0.5, 0.6) is 5.75 Å². The van der Waals surface area contributed by atoms with Gasteiger partial charge in [-0.1, -0.05) is 0 Å². The van der Waals surface area contributed by atoms with Gasteiger partial charge in [0.2, 0.25) is 5.91 Å². The van der Waals surface area contributed by atoms with Gasteiger partial charge in [0.1, 0.15) is 11.3 Å². The van der Waals surface area contributed by atoms with E-state index in [4.69, 9.17) is 4.42 Å². The molecular weight excluding hydrogens is 358 g/mol. The number of nitrogens with one attached hydrogen (secondary N) is 1. The van der Waals surface area contributed by atoms with Gasteiger partial charge >= 0.3 is 5.63 Å². The van der Waals surface area contributed by atoms with Crippen LogP contribution in [0.4, 0.5) is 0 Å². The highest BCUT2D eigenvalue weighted by molar-refractivity contribution is 7.91. The fourth-order valence-corrected chi connectivity index (χ4v) is 5.51. The number of aromatic hydroxyl groups is 1. The lowest BCUT2D eigenvalue weighted by Gasteiger charge is -2.23. The minimum Gasteiger partial charge on any atom is -0.508 e. The second-order valence-electron chi connectivity index (χ2n) is 7.12. The molecule has 3 rings (SSSR count). The Morgan fingerprint density at radius 3 is 2.77 bits per heavy atom. The predicted octanol–water partition coefficient (Wildman–Crippen LogP) is 1.43. The molecule has 1 saturated heterocycles. The molecule has 1 fully saturated rings. The number of sulfone groups is 1. The van der Waals surface area contributed by atoms with Crippen molar-refractivity contribution >= 4 is 26.7 Å². The summed E-state index contributed by atoms with van der Waals surface area (Å²) in [6.45, 7) is 3.49. The fourth-order valence-electron chi connectivity index (χ4n) is 3.42. The molecule has 1 aromatic heterocycles. The van der Waals surface area contributed by atoms with Crippen LogP contribution in [0.1, 0.15) is 30.9 Å². The second kappa shape index (κ2) is 6.42. The molecular formula is C18H21NO6S. The molecule has 8 heteroatoms. The van der Waals surface area contributed by atoms with Crippen molar-refractivity contribution in [2.24, 2.45) is 0 Å². The first-order chi connectivity index (χ1) is 12.1. The molecule has 1 aliphatic rings. The van der Waals surface area contributed by atoms with Crippen LogP contribution < -0.4 is 10.9 Å². The molecule has 0 spiro atoms. The Kier molecular flexibility index (Phi) is 4.56. The summed E-state index contributed by atoms with van der Waals surface area (Å²) in [4.78, 5) is 24.5. The van der Waals surface area contributed by atoms with Crippen molar-refractivity contribution in [2.75, 3.05) is 11.5 Å². The summed E-state index contributed by atoms with van der Waals surface area (Å²) in [5.74, 6) is -0.280. The van der Waals surface area contributed by atoms with Crippen molar-refractivity contribution in [1.82, 2.24) is 5.32 Å². The Bertz CT molecular complexity index is 1040. The summed E-state index contributed by atoms with van der Waals surface area (Å²) in [7, 11) is -3.11. The quantitative estimate of drug-likeness (QED) is 0.777. The molecule has 0 bridgehead atoms. The van der Waals surface area contributed by atoms with E-state index >= 15 is 0 Å². The Hall–Kier alpha value is -2.35. The van der Waals surface area contributed by atoms with Crippen LogP contribution in [0.2, 0.25) is 0 Å². The van der Waals surface area contributed by atoms with Crippen LogP contribution in [-0.2, 0) is 21.1 Å². The zero-order valence-electron chi connectivity index (χ0n) is 14.7. The molecule has 1 aromatic carbocycles. The van der Waals surface area contributed by atoms with Crippen LogP contribution in [0.25, 0.3) is 11.0 Å². The van der Waals surface area contributed by atoms with Crippen LogP contribution >= 0.6 is 0 Å². The molecule has 1 aliphatic heterocycles. The van der Waals surface area contributed by atoms with Gasteiger partial charge in [0.15, 0.2) is 9.84 Å². The van der Waals surface area contributed by atoms with Gasteiger partial charge in [-0.2, -0.15) is 0 Å². The van der Waals surface area contributed by atoms with Crippen LogP contribution in [0.3, 0.4) is 0 Å². The van der Waals surface area contributed by atoms with E-state index < -0.39 is 21.0 Å². The van der Waals surface area contributed by atoms with E-state index in [-0.39, 0.29) is 36.0 Å². The summed E-state index contributed by atoms with van der Waals surface area (Å²) in [5, 5.41) is 13.0. The smallest absolute Gasteiger partial charge is 0.339 e. The highest BCUT2D eigenvalue weighted by Gasteiger charge is 2.39. The molecule has 2 heterocycles. The number of phenolic OH excluding ortho intramolecular Hbond substituents is 1. The van der Waals surface area contributed by atoms with Crippen LogP contribution in [0.15, 0.2) is 27.4 Å². The normalized spacial score (nSPS) is 21.8. The maximum absolute atomic E-state index is 12.2. The average molecular weight is 379 g/mol. The van der Waals surface area contributed by atoms with Gasteiger partial charge in [-0.25, -0.2) is 13.2 Å². The molecule has 7 nitrogen and oxygen atoms in total. The number of amides is 1.